The summed E-state index contributed by atoms with van der Waals surface area (Å²) in [6, 6.07) is 3.69. The van der Waals surface area contributed by atoms with Crippen molar-refractivity contribution in [1.29, 1.82) is 0 Å². The predicted molar refractivity (Wildman–Crippen MR) is 69.9 cm³/mol. The molecule has 0 aliphatic carbocycles. The Morgan fingerprint density at radius 1 is 1.33 bits per heavy atom. The van der Waals surface area contributed by atoms with Crippen LogP contribution in [0.15, 0.2) is 29.0 Å². The van der Waals surface area contributed by atoms with Gasteiger partial charge in [-0.05, 0) is 23.7 Å². The van der Waals surface area contributed by atoms with Gasteiger partial charge in [-0.1, -0.05) is 11.6 Å². The number of fused-ring (bicyclic) bond motifs is 1. The highest BCUT2D eigenvalue weighted by atomic mass is 35.5. The third kappa shape index (κ3) is 2.02. The fourth-order valence-corrected chi connectivity index (χ4v) is 2.08. The van der Waals surface area contributed by atoms with Crippen molar-refractivity contribution in [3.63, 3.8) is 0 Å². The second-order valence-corrected chi connectivity index (χ2v) is 4.38. The lowest BCUT2D eigenvalue weighted by Gasteiger charge is -2.05. The van der Waals surface area contributed by atoms with Crippen molar-refractivity contribution in [2.24, 2.45) is 0 Å². The van der Waals surface area contributed by atoms with E-state index in [0.717, 1.165) is 5.76 Å². The number of nitrogens with one attached hydrogen (secondary N) is 2. The number of hydrogen-bond donors (Lipinski definition) is 2. The molecule has 18 heavy (non-hydrogen) atoms. The lowest BCUT2D eigenvalue weighted by atomic mass is 10.3. The van der Waals surface area contributed by atoms with Gasteiger partial charge in [-0.3, -0.25) is 0 Å². The number of aromatic amines is 1. The van der Waals surface area contributed by atoms with Crippen LogP contribution in [0.1, 0.15) is 5.76 Å². The molecular weight excluding hydrogens is 275 g/mol. The minimum absolute atomic E-state index is 0.156. The minimum Gasteiger partial charge on any atom is -0.467 e. The first kappa shape index (κ1) is 11.4. The second-order valence-electron chi connectivity index (χ2n) is 3.63. The zero-order valence-electron chi connectivity index (χ0n) is 9.08. The monoisotopic (exact) mass is 282 g/mol. The Hall–Kier alpha value is -1.72. The van der Waals surface area contributed by atoms with E-state index in [4.69, 9.17) is 27.6 Å². The van der Waals surface area contributed by atoms with Crippen LogP contribution in [0, 0.1) is 0 Å². The van der Waals surface area contributed by atoms with Gasteiger partial charge >= 0.3 is 0 Å². The van der Waals surface area contributed by atoms with E-state index in [9.17, 15) is 0 Å². The van der Waals surface area contributed by atoms with Crippen LogP contribution < -0.4 is 5.32 Å². The molecule has 0 radical (unpaired) electrons. The van der Waals surface area contributed by atoms with E-state index < -0.39 is 0 Å². The Bertz CT molecular complexity index is 678. The number of rotatable bonds is 3. The van der Waals surface area contributed by atoms with Crippen molar-refractivity contribution in [2.75, 3.05) is 5.32 Å². The van der Waals surface area contributed by atoms with Gasteiger partial charge in [0.15, 0.2) is 0 Å². The molecule has 5 nitrogen and oxygen atoms in total. The third-order valence-corrected chi connectivity index (χ3v) is 2.93. The minimum atomic E-state index is 0.156. The molecular formula is C11H8Cl2N4O. The molecule has 0 spiro atoms. The first-order valence-corrected chi connectivity index (χ1v) is 5.96. The summed E-state index contributed by atoms with van der Waals surface area (Å²) >= 11 is 11.9. The number of aromatic nitrogens is 3. The topological polar surface area (TPSA) is 66.7 Å². The van der Waals surface area contributed by atoms with E-state index in [0.29, 0.717) is 28.4 Å². The molecule has 3 rings (SSSR count). The Kier molecular flexibility index (Phi) is 2.85. The molecule has 3 heterocycles. The van der Waals surface area contributed by atoms with E-state index in [1.807, 2.05) is 12.1 Å². The highest BCUT2D eigenvalue weighted by molar-refractivity contribution is 6.36. The Morgan fingerprint density at radius 2 is 2.22 bits per heavy atom. The number of halogens is 2. The zero-order chi connectivity index (χ0) is 12.5. The fourth-order valence-electron chi connectivity index (χ4n) is 1.68. The number of H-pyrrole nitrogens is 1. The third-order valence-electron chi connectivity index (χ3n) is 2.47. The Balaban J connectivity index is 1.97. The van der Waals surface area contributed by atoms with Crippen LogP contribution in [0.25, 0.3) is 11.0 Å². The van der Waals surface area contributed by atoms with Gasteiger partial charge in [0.2, 0.25) is 5.28 Å². The summed E-state index contributed by atoms with van der Waals surface area (Å²) in [4.78, 5) is 11.1. The first-order chi connectivity index (χ1) is 8.74. The average molecular weight is 283 g/mol. The maximum atomic E-state index is 6.07. The molecule has 0 bridgehead atoms. The molecule has 3 aromatic heterocycles. The summed E-state index contributed by atoms with van der Waals surface area (Å²) in [6.07, 6.45) is 3.26. The quantitative estimate of drug-likeness (QED) is 0.722. The van der Waals surface area contributed by atoms with Gasteiger partial charge in [0.25, 0.3) is 0 Å². The van der Waals surface area contributed by atoms with Gasteiger partial charge in [0.1, 0.15) is 17.2 Å². The molecule has 92 valence electrons. The van der Waals surface area contributed by atoms with Gasteiger partial charge in [0, 0.05) is 6.20 Å². The van der Waals surface area contributed by atoms with Gasteiger partial charge in [0.05, 0.1) is 23.2 Å². The van der Waals surface area contributed by atoms with Crippen LogP contribution in [0.5, 0.6) is 0 Å². The molecule has 3 aromatic rings. The molecule has 0 unspecified atom stereocenters. The molecule has 0 fully saturated rings. The van der Waals surface area contributed by atoms with Gasteiger partial charge in [-0.15, -0.1) is 0 Å². The molecule has 0 aliphatic rings. The second kappa shape index (κ2) is 4.51. The Morgan fingerprint density at radius 3 is 3.00 bits per heavy atom. The maximum Gasteiger partial charge on any atom is 0.226 e. The van der Waals surface area contributed by atoms with Crippen LogP contribution in [0.4, 0.5) is 5.82 Å². The summed E-state index contributed by atoms with van der Waals surface area (Å²) in [6.45, 7) is 0.497. The van der Waals surface area contributed by atoms with Crippen LogP contribution in [0.2, 0.25) is 10.3 Å². The van der Waals surface area contributed by atoms with Gasteiger partial charge in [-0.25, -0.2) is 0 Å². The van der Waals surface area contributed by atoms with E-state index >= 15 is 0 Å². The van der Waals surface area contributed by atoms with Crippen molar-refractivity contribution < 1.29 is 4.42 Å². The van der Waals surface area contributed by atoms with Crippen molar-refractivity contribution in [3.05, 3.63) is 40.7 Å². The van der Waals surface area contributed by atoms with E-state index in [2.05, 4.69) is 20.3 Å². The summed E-state index contributed by atoms with van der Waals surface area (Å²) < 4.78 is 5.23. The number of hydrogen-bond acceptors (Lipinski definition) is 4. The van der Waals surface area contributed by atoms with Crippen molar-refractivity contribution >= 4 is 40.1 Å². The zero-order valence-corrected chi connectivity index (χ0v) is 10.6. The molecule has 2 N–H and O–H groups in total. The summed E-state index contributed by atoms with van der Waals surface area (Å²) in [5.74, 6) is 1.37. The van der Waals surface area contributed by atoms with Crippen molar-refractivity contribution in [1.82, 2.24) is 15.0 Å². The summed E-state index contributed by atoms with van der Waals surface area (Å²) in [5.41, 5.74) is 0.599. The van der Waals surface area contributed by atoms with Crippen molar-refractivity contribution in [2.45, 2.75) is 6.54 Å². The molecule has 0 saturated carbocycles. The SMILES string of the molecule is Clc1nc(NCc2ccco2)c2c(Cl)c[nH]c2n1. The molecule has 0 aromatic carbocycles. The normalized spacial score (nSPS) is 11.0. The van der Waals surface area contributed by atoms with E-state index in [-0.39, 0.29) is 5.28 Å². The summed E-state index contributed by atoms with van der Waals surface area (Å²) in [7, 11) is 0. The molecule has 0 amide bonds. The van der Waals surface area contributed by atoms with Crippen molar-refractivity contribution in [3.8, 4) is 0 Å². The maximum absolute atomic E-state index is 6.07. The predicted octanol–water partition coefficient (Wildman–Crippen LogP) is 3.47. The van der Waals surface area contributed by atoms with Crippen LogP contribution in [0.3, 0.4) is 0 Å². The largest absolute Gasteiger partial charge is 0.467 e. The molecule has 0 saturated heterocycles. The highest BCUT2D eigenvalue weighted by Gasteiger charge is 2.12. The van der Waals surface area contributed by atoms with Crippen LogP contribution in [-0.4, -0.2) is 15.0 Å². The van der Waals surface area contributed by atoms with E-state index in [1.54, 1.807) is 12.5 Å². The number of nitrogens with zero attached hydrogens (tertiary/aromatic N) is 2. The van der Waals surface area contributed by atoms with Gasteiger partial charge < -0.3 is 14.7 Å². The fraction of sp³-hybridized carbons (Fsp3) is 0.0909. The molecule has 0 aliphatic heterocycles. The number of furan rings is 1. The Labute approximate surface area is 112 Å². The lowest BCUT2D eigenvalue weighted by Crippen LogP contribution is -2.02. The molecule has 0 atom stereocenters. The average Bonchev–Trinajstić information content (AvgIpc) is 2.96. The van der Waals surface area contributed by atoms with Gasteiger partial charge in [-0.2, -0.15) is 9.97 Å². The highest BCUT2D eigenvalue weighted by Crippen LogP contribution is 2.29. The number of anilines is 1. The standard InChI is InChI=1S/C11H8Cl2N4O/c12-7-5-15-10-8(7)9(16-11(13)17-10)14-4-6-2-1-3-18-6/h1-3,5H,4H2,(H2,14,15,16,17). The summed E-state index contributed by atoms with van der Waals surface area (Å²) in [5, 5.41) is 4.54. The lowest BCUT2D eigenvalue weighted by molar-refractivity contribution is 0.518. The van der Waals surface area contributed by atoms with Crippen LogP contribution in [-0.2, 0) is 6.54 Å². The molecule has 7 heteroatoms. The van der Waals surface area contributed by atoms with E-state index in [1.165, 1.54) is 0 Å². The first-order valence-electron chi connectivity index (χ1n) is 5.20. The smallest absolute Gasteiger partial charge is 0.226 e. The van der Waals surface area contributed by atoms with Crippen LogP contribution >= 0.6 is 23.2 Å².